The number of rotatable bonds is 5. The highest BCUT2D eigenvalue weighted by Crippen LogP contribution is 2.39. The van der Waals surface area contributed by atoms with Gasteiger partial charge in [0, 0.05) is 6.20 Å². The quantitative estimate of drug-likeness (QED) is 0.757. The first-order valence-corrected chi connectivity index (χ1v) is 5.64. The first-order chi connectivity index (χ1) is 7.63. The van der Waals surface area contributed by atoms with Crippen molar-refractivity contribution in [2.24, 2.45) is 5.73 Å². The molecule has 3 N–H and O–H groups in total. The first kappa shape index (κ1) is 11.1. The molecular weight excluding hydrogens is 204 g/mol. The van der Waals surface area contributed by atoms with E-state index in [1.807, 2.05) is 24.0 Å². The number of hydrogen-bond donors (Lipinski definition) is 2. The predicted molar refractivity (Wildman–Crippen MR) is 61.0 cm³/mol. The van der Waals surface area contributed by atoms with Crippen molar-refractivity contribution in [3.63, 3.8) is 0 Å². The van der Waals surface area contributed by atoms with Crippen molar-refractivity contribution in [3.05, 3.63) is 18.0 Å². The van der Waals surface area contributed by atoms with Gasteiger partial charge in [0.1, 0.15) is 6.04 Å². The van der Waals surface area contributed by atoms with Gasteiger partial charge in [-0.15, -0.1) is 0 Å². The van der Waals surface area contributed by atoms with Crippen LogP contribution in [0.15, 0.2) is 12.4 Å². The van der Waals surface area contributed by atoms with E-state index >= 15 is 0 Å². The van der Waals surface area contributed by atoms with Crippen LogP contribution in [0.1, 0.15) is 37.3 Å². The third-order valence-electron chi connectivity index (χ3n) is 3.19. The fourth-order valence-corrected chi connectivity index (χ4v) is 1.98. The average Bonchev–Trinajstić information content (AvgIpc) is 2.97. The Labute approximate surface area is 95.0 Å². The Morgan fingerprint density at radius 3 is 2.88 bits per heavy atom. The second kappa shape index (κ2) is 4.25. The summed E-state index contributed by atoms with van der Waals surface area (Å²) in [7, 11) is 1.73. The second-order valence-electron chi connectivity index (χ2n) is 4.44. The lowest BCUT2D eigenvalue weighted by molar-refractivity contribution is -0.120. The Morgan fingerprint density at radius 2 is 2.38 bits per heavy atom. The Balaban J connectivity index is 2.11. The van der Waals surface area contributed by atoms with E-state index in [1.54, 1.807) is 7.05 Å². The molecule has 1 amide bonds. The summed E-state index contributed by atoms with van der Waals surface area (Å²) >= 11 is 0. The summed E-state index contributed by atoms with van der Waals surface area (Å²) in [6.45, 7) is 1.94. The number of nitrogens with zero attached hydrogens (tertiary/aromatic N) is 2. The Hall–Kier alpha value is -1.36. The summed E-state index contributed by atoms with van der Waals surface area (Å²) in [6.07, 6.45) is 6.42. The van der Waals surface area contributed by atoms with Crippen LogP contribution in [0, 0.1) is 0 Å². The van der Waals surface area contributed by atoms with Gasteiger partial charge < -0.3 is 11.1 Å². The minimum absolute atomic E-state index is 0.0602. The molecule has 1 heterocycles. The summed E-state index contributed by atoms with van der Waals surface area (Å²) in [4.78, 5) is 11.2. The van der Waals surface area contributed by atoms with Gasteiger partial charge >= 0.3 is 0 Å². The van der Waals surface area contributed by atoms with Crippen LogP contribution in [-0.4, -0.2) is 28.8 Å². The molecule has 1 aliphatic carbocycles. The molecule has 2 unspecified atom stereocenters. The molecule has 0 aliphatic heterocycles. The molecule has 2 rings (SSSR count). The maximum absolute atomic E-state index is 11.2. The monoisotopic (exact) mass is 222 g/mol. The SMILES string of the molecule is CNC(C(N)=O)C(C)n1cc(C2CC2)cn1. The molecule has 2 atom stereocenters. The molecule has 0 bridgehead atoms. The molecular formula is C11H18N4O. The number of likely N-dealkylation sites (N-methyl/N-ethyl adjacent to an activating group) is 1. The molecule has 5 nitrogen and oxygen atoms in total. The number of nitrogens with two attached hydrogens (primary N) is 1. The number of primary amides is 1. The van der Waals surface area contributed by atoms with Crippen LogP contribution in [-0.2, 0) is 4.79 Å². The van der Waals surface area contributed by atoms with E-state index in [4.69, 9.17) is 5.73 Å². The fraction of sp³-hybridized carbons (Fsp3) is 0.636. The van der Waals surface area contributed by atoms with Crippen molar-refractivity contribution in [3.8, 4) is 0 Å². The standard InChI is InChI=1S/C11H18N4O/c1-7(10(13-2)11(12)16)15-6-9(5-14-15)8-3-4-8/h5-8,10,13H,3-4H2,1-2H3,(H2,12,16). The first-order valence-electron chi connectivity index (χ1n) is 5.64. The maximum Gasteiger partial charge on any atom is 0.236 e. The number of carbonyl (C=O) groups is 1. The molecule has 5 heteroatoms. The number of carbonyl (C=O) groups excluding carboxylic acids is 1. The zero-order valence-electron chi connectivity index (χ0n) is 9.68. The van der Waals surface area contributed by atoms with Crippen molar-refractivity contribution in [1.29, 1.82) is 0 Å². The van der Waals surface area contributed by atoms with Crippen LogP contribution in [0.5, 0.6) is 0 Å². The van der Waals surface area contributed by atoms with Gasteiger partial charge in [-0.2, -0.15) is 5.10 Å². The van der Waals surface area contributed by atoms with E-state index in [0.717, 1.165) is 0 Å². The van der Waals surface area contributed by atoms with Crippen LogP contribution >= 0.6 is 0 Å². The topological polar surface area (TPSA) is 72.9 Å². The van der Waals surface area contributed by atoms with E-state index in [1.165, 1.54) is 18.4 Å². The Kier molecular flexibility index (Phi) is 2.96. The van der Waals surface area contributed by atoms with Crippen molar-refractivity contribution < 1.29 is 4.79 Å². The van der Waals surface area contributed by atoms with Gasteiger partial charge in [-0.1, -0.05) is 0 Å². The highest BCUT2D eigenvalue weighted by atomic mass is 16.1. The van der Waals surface area contributed by atoms with E-state index in [9.17, 15) is 4.79 Å². The molecule has 1 fully saturated rings. The van der Waals surface area contributed by atoms with Crippen LogP contribution < -0.4 is 11.1 Å². The van der Waals surface area contributed by atoms with Crippen molar-refractivity contribution >= 4 is 5.91 Å². The number of aromatic nitrogens is 2. The largest absolute Gasteiger partial charge is 0.368 e. The van der Waals surface area contributed by atoms with Gasteiger partial charge in [0.05, 0.1) is 12.2 Å². The lowest BCUT2D eigenvalue weighted by Gasteiger charge is -2.20. The third kappa shape index (κ3) is 2.09. The van der Waals surface area contributed by atoms with Crippen LogP contribution in [0.2, 0.25) is 0 Å². The summed E-state index contributed by atoms with van der Waals surface area (Å²) in [5, 5.41) is 7.22. The minimum atomic E-state index is -0.382. The lowest BCUT2D eigenvalue weighted by atomic mass is 10.1. The van der Waals surface area contributed by atoms with Crippen LogP contribution in [0.3, 0.4) is 0 Å². The third-order valence-corrected chi connectivity index (χ3v) is 3.19. The van der Waals surface area contributed by atoms with Crippen molar-refractivity contribution in [1.82, 2.24) is 15.1 Å². The highest BCUT2D eigenvalue weighted by molar-refractivity contribution is 5.80. The number of hydrogen-bond acceptors (Lipinski definition) is 3. The average molecular weight is 222 g/mol. The van der Waals surface area contributed by atoms with Crippen molar-refractivity contribution in [2.45, 2.75) is 37.8 Å². The summed E-state index contributed by atoms with van der Waals surface area (Å²) in [6, 6.07) is -0.443. The van der Waals surface area contributed by atoms with Gasteiger partial charge in [-0.3, -0.25) is 9.48 Å². The normalized spacial score (nSPS) is 19.4. The lowest BCUT2D eigenvalue weighted by Crippen LogP contribution is -2.44. The number of amides is 1. The molecule has 88 valence electrons. The molecule has 1 aromatic heterocycles. The predicted octanol–water partition coefficient (Wildman–Crippen LogP) is 0.395. The summed E-state index contributed by atoms with van der Waals surface area (Å²) in [5.74, 6) is 0.334. The van der Waals surface area contributed by atoms with Gasteiger partial charge in [0.2, 0.25) is 5.91 Å². The molecule has 1 aromatic rings. The Morgan fingerprint density at radius 1 is 1.69 bits per heavy atom. The molecule has 0 aromatic carbocycles. The summed E-state index contributed by atoms with van der Waals surface area (Å²) < 4.78 is 1.82. The van der Waals surface area contributed by atoms with Gasteiger partial charge in [-0.25, -0.2) is 0 Å². The second-order valence-corrected chi connectivity index (χ2v) is 4.44. The van der Waals surface area contributed by atoms with E-state index < -0.39 is 0 Å². The molecule has 16 heavy (non-hydrogen) atoms. The summed E-state index contributed by atoms with van der Waals surface area (Å²) in [5.41, 5.74) is 6.59. The van der Waals surface area contributed by atoms with Gasteiger partial charge in [0.15, 0.2) is 0 Å². The smallest absolute Gasteiger partial charge is 0.236 e. The Bertz CT molecular complexity index is 383. The maximum atomic E-state index is 11.2. The highest BCUT2D eigenvalue weighted by Gasteiger charge is 2.27. The van der Waals surface area contributed by atoms with E-state index in [-0.39, 0.29) is 18.0 Å². The van der Waals surface area contributed by atoms with Crippen LogP contribution in [0.25, 0.3) is 0 Å². The number of nitrogens with one attached hydrogen (secondary N) is 1. The fourth-order valence-electron chi connectivity index (χ4n) is 1.98. The molecule has 1 saturated carbocycles. The zero-order valence-corrected chi connectivity index (χ0v) is 9.68. The molecule has 0 radical (unpaired) electrons. The molecule has 0 saturated heterocycles. The molecule has 1 aliphatic rings. The van der Waals surface area contributed by atoms with Gasteiger partial charge in [0.25, 0.3) is 0 Å². The van der Waals surface area contributed by atoms with E-state index in [0.29, 0.717) is 5.92 Å². The van der Waals surface area contributed by atoms with Crippen LogP contribution in [0.4, 0.5) is 0 Å². The molecule has 0 spiro atoms. The van der Waals surface area contributed by atoms with Crippen molar-refractivity contribution in [2.75, 3.05) is 7.05 Å². The zero-order chi connectivity index (χ0) is 11.7. The minimum Gasteiger partial charge on any atom is -0.368 e. The van der Waals surface area contributed by atoms with Gasteiger partial charge in [-0.05, 0) is 38.3 Å². The van der Waals surface area contributed by atoms with E-state index in [2.05, 4.69) is 10.4 Å².